The molecule has 0 fully saturated rings. The summed E-state index contributed by atoms with van der Waals surface area (Å²) >= 11 is 0. The summed E-state index contributed by atoms with van der Waals surface area (Å²) in [6.45, 7) is 7.65. The number of rotatable bonds is 6. The van der Waals surface area contributed by atoms with E-state index in [0.29, 0.717) is 18.7 Å². The first-order valence-corrected chi connectivity index (χ1v) is 9.13. The van der Waals surface area contributed by atoms with Crippen LogP contribution in [0.2, 0.25) is 0 Å². The van der Waals surface area contributed by atoms with Crippen LogP contribution in [0.25, 0.3) is 10.9 Å². The molecule has 0 spiro atoms. The molecule has 3 aromatic rings. The second-order valence-electron chi connectivity index (χ2n) is 6.76. The zero-order valence-electron chi connectivity index (χ0n) is 15.6. The number of hydrogen-bond acceptors (Lipinski definition) is 1. The van der Waals surface area contributed by atoms with Crippen molar-refractivity contribution in [1.29, 1.82) is 0 Å². The minimum Gasteiger partial charge on any atom is -0.352 e. The Morgan fingerprint density at radius 2 is 1.85 bits per heavy atom. The maximum Gasteiger partial charge on any atom is 0.251 e. The molecule has 26 heavy (non-hydrogen) atoms. The van der Waals surface area contributed by atoms with Crippen molar-refractivity contribution in [2.45, 2.75) is 40.2 Å². The SMILES string of the molecule is CCCCNC(=O)c1ccc2c(c1)c(C)c(C)n2Cc1ccc(F)cc1. The molecule has 0 saturated heterocycles. The number of halogens is 1. The van der Waals surface area contributed by atoms with Crippen LogP contribution < -0.4 is 5.32 Å². The number of amides is 1. The van der Waals surface area contributed by atoms with Gasteiger partial charge < -0.3 is 9.88 Å². The average molecular weight is 352 g/mol. The van der Waals surface area contributed by atoms with Crippen LogP contribution in [0.3, 0.4) is 0 Å². The fourth-order valence-electron chi connectivity index (χ4n) is 3.25. The number of hydrogen-bond donors (Lipinski definition) is 1. The molecule has 2 aromatic carbocycles. The molecule has 0 unspecified atom stereocenters. The summed E-state index contributed by atoms with van der Waals surface area (Å²) < 4.78 is 15.4. The summed E-state index contributed by atoms with van der Waals surface area (Å²) in [5.41, 5.74) is 5.16. The molecule has 0 aliphatic carbocycles. The average Bonchev–Trinajstić information content (AvgIpc) is 2.88. The Kier molecular flexibility index (Phi) is 5.40. The number of carbonyl (C=O) groups excluding carboxylic acids is 1. The van der Waals surface area contributed by atoms with E-state index in [4.69, 9.17) is 0 Å². The fourth-order valence-corrected chi connectivity index (χ4v) is 3.25. The molecule has 4 heteroatoms. The van der Waals surface area contributed by atoms with Crippen molar-refractivity contribution in [1.82, 2.24) is 9.88 Å². The number of benzene rings is 2. The van der Waals surface area contributed by atoms with Gasteiger partial charge in [0.2, 0.25) is 0 Å². The molecule has 0 atom stereocenters. The van der Waals surface area contributed by atoms with E-state index in [0.717, 1.165) is 35.0 Å². The zero-order chi connectivity index (χ0) is 18.7. The Hall–Kier alpha value is -2.62. The van der Waals surface area contributed by atoms with Crippen LogP contribution >= 0.6 is 0 Å². The first kappa shape index (κ1) is 18.2. The number of aromatic nitrogens is 1. The molecule has 0 bridgehead atoms. The second-order valence-corrected chi connectivity index (χ2v) is 6.76. The smallest absolute Gasteiger partial charge is 0.251 e. The van der Waals surface area contributed by atoms with E-state index in [2.05, 4.69) is 30.7 Å². The molecule has 3 rings (SSSR count). The standard InChI is InChI=1S/C22H25FN2O/c1-4-5-12-24-22(26)18-8-11-21-20(13-18)15(2)16(3)25(21)14-17-6-9-19(23)10-7-17/h6-11,13H,4-5,12,14H2,1-3H3,(H,24,26). The Morgan fingerprint density at radius 3 is 2.54 bits per heavy atom. The van der Waals surface area contributed by atoms with Crippen LogP contribution in [0.1, 0.15) is 46.9 Å². The predicted octanol–water partition coefficient (Wildman–Crippen LogP) is 4.98. The molecule has 1 aromatic heterocycles. The molecule has 1 amide bonds. The summed E-state index contributed by atoms with van der Waals surface area (Å²) in [7, 11) is 0. The predicted molar refractivity (Wildman–Crippen MR) is 104 cm³/mol. The molecule has 1 heterocycles. The van der Waals surface area contributed by atoms with Gasteiger partial charge in [-0.2, -0.15) is 0 Å². The lowest BCUT2D eigenvalue weighted by Crippen LogP contribution is -2.24. The van der Waals surface area contributed by atoms with Gasteiger partial charge in [0.15, 0.2) is 0 Å². The Balaban J connectivity index is 1.92. The fraction of sp³-hybridized carbons (Fsp3) is 0.318. The van der Waals surface area contributed by atoms with Crippen molar-refractivity contribution >= 4 is 16.8 Å². The van der Waals surface area contributed by atoms with E-state index in [1.165, 1.54) is 17.7 Å². The van der Waals surface area contributed by atoms with Crippen LogP contribution in [-0.2, 0) is 6.54 Å². The molecule has 0 aliphatic rings. The van der Waals surface area contributed by atoms with Crippen LogP contribution in [-0.4, -0.2) is 17.0 Å². The van der Waals surface area contributed by atoms with Gasteiger partial charge in [-0.05, 0) is 61.7 Å². The molecular weight excluding hydrogens is 327 g/mol. The van der Waals surface area contributed by atoms with Crippen LogP contribution in [0, 0.1) is 19.7 Å². The van der Waals surface area contributed by atoms with Crippen molar-refractivity contribution in [2.75, 3.05) is 6.54 Å². The number of aryl methyl sites for hydroxylation is 1. The van der Waals surface area contributed by atoms with Gasteiger partial charge in [0.05, 0.1) is 0 Å². The summed E-state index contributed by atoms with van der Waals surface area (Å²) in [5.74, 6) is -0.249. The lowest BCUT2D eigenvalue weighted by Gasteiger charge is -2.09. The van der Waals surface area contributed by atoms with Crippen LogP contribution in [0.5, 0.6) is 0 Å². The largest absolute Gasteiger partial charge is 0.352 e. The number of carbonyl (C=O) groups is 1. The topological polar surface area (TPSA) is 34.0 Å². The Morgan fingerprint density at radius 1 is 1.12 bits per heavy atom. The number of fused-ring (bicyclic) bond motifs is 1. The molecule has 0 radical (unpaired) electrons. The third-order valence-corrected chi connectivity index (χ3v) is 4.97. The normalized spacial score (nSPS) is 11.1. The van der Waals surface area contributed by atoms with E-state index >= 15 is 0 Å². The first-order valence-electron chi connectivity index (χ1n) is 9.13. The molecule has 0 saturated carbocycles. The number of unbranched alkanes of at least 4 members (excludes halogenated alkanes) is 1. The van der Waals surface area contributed by atoms with Crippen molar-refractivity contribution in [3.8, 4) is 0 Å². The van der Waals surface area contributed by atoms with Gasteiger partial charge in [-0.3, -0.25) is 4.79 Å². The minimum atomic E-state index is -0.224. The van der Waals surface area contributed by atoms with Crippen LogP contribution in [0.15, 0.2) is 42.5 Å². The number of nitrogens with zero attached hydrogens (tertiary/aromatic N) is 1. The maximum absolute atomic E-state index is 13.1. The molecular formula is C22H25FN2O. The van der Waals surface area contributed by atoms with Gasteiger partial charge in [0, 0.05) is 35.2 Å². The van der Waals surface area contributed by atoms with Crippen molar-refractivity contribution in [2.24, 2.45) is 0 Å². The molecule has 136 valence electrons. The summed E-state index contributed by atoms with van der Waals surface area (Å²) in [6, 6.07) is 12.5. The van der Waals surface area contributed by atoms with E-state index in [9.17, 15) is 9.18 Å². The number of nitrogens with one attached hydrogen (secondary N) is 1. The molecule has 3 nitrogen and oxygen atoms in total. The van der Waals surface area contributed by atoms with Gasteiger partial charge in [0.25, 0.3) is 5.91 Å². The van der Waals surface area contributed by atoms with Crippen molar-refractivity contribution < 1.29 is 9.18 Å². The van der Waals surface area contributed by atoms with Gasteiger partial charge in [0.1, 0.15) is 5.82 Å². The lowest BCUT2D eigenvalue weighted by molar-refractivity contribution is 0.0953. The lowest BCUT2D eigenvalue weighted by atomic mass is 10.1. The van der Waals surface area contributed by atoms with Crippen molar-refractivity contribution in [3.63, 3.8) is 0 Å². The summed E-state index contributed by atoms with van der Waals surface area (Å²) in [6.07, 6.45) is 2.05. The Bertz CT molecular complexity index is 925. The van der Waals surface area contributed by atoms with E-state index < -0.39 is 0 Å². The second kappa shape index (κ2) is 7.73. The minimum absolute atomic E-state index is 0.0244. The highest BCUT2D eigenvalue weighted by Gasteiger charge is 2.14. The zero-order valence-corrected chi connectivity index (χ0v) is 15.6. The van der Waals surface area contributed by atoms with Gasteiger partial charge in [-0.15, -0.1) is 0 Å². The third-order valence-electron chi connectivity index (χ3n) is 4.97. The quantitative estimate of drug-likeness (QED) is 0.624. The van der Waals surface area contributed by atoms with Crippen molar-refractivity contribution in [3.05, 3.63) is 70.7 Å². The highest BCUT2D eigenvalue weighted by Crippen LogP contribution is 2.27. The van der Waals surface area contributed by atoms with Gasteiger partial charge >= 0.3 is 0 Å². The van der Waals surface area contributed by atoms with Crippen LogP contribution in [0.4, 0.5) is 4.39 Å². The summed E-state index contributed by atoms with van der Waals surface area (Å²) in [5, 5.41) is 4.06. The van der Waals surface area contributed by atoms with Gasteiger partial charge in [-0.1, -0.05) is 25.5 Å². The highest BCUT2D eigenvalue weighted by atomic mass is 19.1. The van der Waals surface area contributed by atoms with E-state index in [1.807, 2.05) is 30.3 Å². The summed E-state index contributed by atoms with van der Waals surface area (Å²) in [4.78, 5) is 12.3. The van der Waals surface area contributed by atoms with Gasteiger partial charge in [-0.25, -0.2) is 4.39 Å². The highest BCUT2D eigenvalue weighted by molar-refractivity contribution is 5.99. The third kappa shape index (κ3) is 3.64. The van der Waals surface area contributed by atoms with E-state index in [1.54, 1.807) is 0 Å². The molecule has 1 N–H and O–H groups in total. The molecule has 0 aliphatic heterocycles. The monoisotopic (exact) mass is 352 g/mol. The van der Waals surface area contributed by atoms with E-state index in [-0.39, 0.29) is 11.7 Å². The maximum atomic E-state index is 13.1. The Labute approximate surface area is 153 Å². The first-order chi connectivity index (χ1) is 12.5.